The third-order valence-electron chi connectivity index (χ3n) is 6.14. The molecule has 0 spiro atoms. The van der Waals surface area contributed by atoms with Gasteiger partial charge in [-0.05, 0) is 12.3 Å². The maximum absolute atomic E-state index is 15.2. The van der Waals surface area contributed by atoms with Gasteiger partial charge in [0.15, 0.2) is 5.82 Å². The molecule has 1 aliphatic rings. The van der Waals surface area contributed by atoms with Gasteiger partial charge in [-0.1, -0.05) is 39.5 Å². The van der Waals surface area contributed by atoms with Crippen LogP contribution in [0.5, 0.6) is 0 Å². The number of nitrogens with one attached hydrogen (secondary N) is 1. The molecule has 2 N–H and O–H groups in total. The number of hydroxylamine groups is 2. The largest absolute Gasteiger partial charge is 0.350 e. The van der Waals surface area contributed by atoms with E-state index in [0.29, 0.717) is 29.6 Å². The third kappa shape index (κ3) is 7.73. The van der Waals surface area contributed by atoms with E-state index in [2.05, 4.69) is 15.3 Å². The number of halogens is 1. The third-order valence-corrected chi connectivity index (χ3v) is 6.14. The lowest BCUT2D eigenvalue weighted by atomic mass is 9.92. The van der Waals surface area contributed by atoms with Crippen LogP contribution in [0.4, 0.5) is 4.39 Å². The van der Waals surface area contributed by atoms with E-state index in [1.807, 2.05) is 6.92 Å². The molecule has 10 heteroatoms. The Morgan fingerprint density at radius 2 is 1.88 bits per heavy atom. The second-order valence-electron chi connectivity index (χ2n) is 9.07. The summed E-state index contributed by atoms with van der Waals surface area (Å²) in [6.07, 6.45) is 5.69. The zero-order chi connectivity index (χ0) is 24.5. The zero-order valence-corrected chi connectivity index (χ0v) is 20.0. The molecule has 1 heterocycles. The van der Waals surface area contributed by atoms with Crippen LogP contribution in [0.15, 0.2) is 0 Å². The molecule has 3 amide bonds. The van der Waals surface area contributed by atoms with E-state index in [9.17, 15) is 19.6 Å². The maximum atomic E-state index is 15.2. The highest BCUT2D eigenvalue weighted by Crippen LogP contribution is 2.30. The summed E-state index contributed by atoms with van der Waals surface area (Å²) in [5.41, 5.74) is 0.212. The molecule has 1 aromatic heterocycles. The van der Waals surface area contributed by atoms with Gasteiger partial charge in [0.1, 0.15) is 5.82 Å². The summed E-state index contributed by atoms with van der Waals surface area (Å²) in [5.74, 6) is -1.37. The minimum atomic E-state index is -0.630. The van der Waals surface area contributed by atoms with Crippen LogP contribution in [-0.4, -0.2) is 64.0 Å². The fraction of sp³-hybridized carbons (Fsp3) is 0.696. The summed E-state index contributed by atoms with van der Waals surface area (Å²) in [4.78, 5) is 45.9. The summed E-state index contributed by atoms with van der Waals surface area (Å²) >= 11 is 0. The Kier molecular flexibility index (Phi) is 10.1. The first-order valence-electron chi connectivity index (χ1n) is 11.6. The predicted molar refractivity (Wildman–Crippen MR) is 119 cm³/mol. The standard InChI is InChI=1S/C23H36FN5O4/c1-5-20-26-18(10-15(2)23(32)28(3)4)21(24)19(27-20)12-25-22(31)17(13-29(33)14-30)11-16-8-6-7-9-16/h14-17,33H,5-13H2,1-4H3,(H,25,31)/t15-,17+/m0/s1. The number of rotatable bonds is 12. The Bertz CT molecular complexity index is 829. The smallest absolute Gasteiger partial charge is 0.233 e. The molecule has 1 aromatic rings. The van der Waals surface area contributed by atoms with Gasteiger partial charge in [0.25, 0.3) is 0 Å². The minimum Gasteiger partial charge on any atom is -0.350 e. The highest BCUT2D eigenvalue weighted by atomic mass is 19.1. The van der Waals surface area contributed by atoms with Crippen LogP contribution >= 0.6 is 0 Å². The molecule has 1 saturated carbocycles. The fourth-order valence-electron chi connectivity index (χ4n) is 4.33. The van der Waals surface area contributed by atoms with Crippen molar-refractivity contribution < 1.29 is 24.0 Å². The van der Waals surface area contributed by atoms with Crippen molar-refractivity contribution in [2.45, 2.75) is 65.3 Å². The Labute approximate surface area is 194 Å². The van der Waals surface area contributed by atoms with Crippen LogP contribution in [-0.2, 0) is 33.8 Å². The van der Waals surface area contributed by atoms with Gasteiger partial charge in [0.2, 0.25) is 18.2 Å². The lowest BCUT2D eigenvalue weighted by Gasteiger charge is -2.22. The Morgan fingerprint density at radius 1 is 1.24 bits per heavy atom. The topological polar surface area (TPSA) is 116 Å². The average molecular weight is 466 g/mol. The molecule has 2 rings (SSSR count). The summed E-state index contributed by atoms with van der Waals surface area (Å²) in [5, 5.41) is 12.8. The van der Waals surface area contributed by atoms with Crippen LogP contribution < -0.4 is 5.32 Å². The van der Waals surface area contributed by atoms with Gasteiger partial charge in [-0.2, -0.15) is 0 Å². The molecule has 1 aliphatic carbocycles. The first-order valence-corrected chi connectivity index (χ1v) is 11.6. The van der Waals surface area contributed by atoms with Crippen molar-refractivity contribution >= 4 is 18.2 Å². The number of nitrogens with zero attached hydrogens (tertiary/aromatic N) is 4. The molecule has 0 aromatic carbocycles. The van der Waals surface area contributed by atoms with Crippen molar-refractivity contribution in [2.75, 3.05) is 20.6 Å². The maximum Gasteiger partial charge on any atom is 0.233 e. The lowest BCUT2D eigenvalue weighted by Crippen LogP contribution is -2.38. The molecule has 184 valence electrons. The van der Waals surface area contributed by atoms with E-state index < -0.39 is 17.7 Å². The Morgan fingerprint density at radius 3 is 2.45 bits per heavy atom. The van der Waals surface area contributed by atoms with Gasteiger partial charge < -0.3 is 10.2 Å². The Hall–Kier alpha value is -2.62. The van der Waals surface area contributed by atoms with Crippen molar-refractivity contribution in [3.8, 4) is 0 Å². The van der Waals surface area contributed by atoms with Crippen molar-refractivity contribution in [1.29, 1.82) is 0 Å². The molecular formula is C23H36FN5O4. The van der Waals surface area contributed by atoms with Crippen LogP contribution in [0.2, 0.25) is 0 Å². The van der Waals surface area contributed by atoms with Gasteiger partial charge in [0, 0.05) is 32.9 Å². The van der Waals surface area contributed by atoms with Crippen molar-refractivity contribution in [3.05, 3.63) is 23.0 Å². The van der Waals surface area contributed by atoms with Gasteiger partial charge in [-0.15, -0.1) is 0 Å². The van der Waals surface area contributed by atoms with Crippen molar-refractivity contribution in [1.82, 2.24) is 25.2 Å². The van der Waals surface area contributed by atoms with E-state index in [4.69, 9.17) is 0 Å². The highest BCUT2D eigenvalue weighted by Gasteiger charge is 2.27. The van der Waals surface area contributed by atoms with Gasteiger partial charge >= 0.3 is 0 Å². The number of carbonyl (C=O) groups excluding carboxylic acids is 3. The first kappa shape index (κ1) is 26.6. The van der Waals surface area contributed by atoms with Gasteiger partial charge in [0.05, 0.1) is 30.4 Å². The van der Waals surface area contributed by atoms with E-state index in [0.717, 1.165) is 25.7 Å². The number of amides is 3. The number of aryl methyl sites for hydroxylation is 1. The average Bonchev–Trinajstić information content (AvgIpc) is 3.31. The quantitative estimate of drug-likeness (QED) is 0.277. The molecule has 1 fully saturated rings. The molecular weight excluding hydrogens is 429 g/mol. The van der Waals surface area contributed by atoms with E-state index in [-0.39, 0.29) is 49.1 Å². The number of hydrogen-bond acceptors (Lipinski definition) is 6. The van der Waals surface area contributed by atoms with E-state index >= 15 is 4.39 Å². The monoisotopic (exact) mass is 465 g/mol. The predicted octanol–water partition coefficient (Wildman–Crippen LogP) is 2.11. The highest BCUT2D eigenvalue weighted by molar-refractivity contribution is 5.79. The second kappa shape index (κ2) is 12.6. The number of hydrogen-bond donors (Lipinski definition) is 2. The summed E-state index contributed by atoms with van der Waals surface area (Å²) in [7, 11) is 3.29. The van der Waals surface area contributed by atoms with Crippen LogP contribution in [0.1, 0.15) is 63.2 Å². The Balaban J connectivity index is 2.14. The first-order chi connectivity index (χ1) is 15.7. The van der Waals surface area contributed by atoms with Crippen molar-refractivity contribution in [2.24, 2.45) is 17.8 Å². The van der Waals surface area contributed by atoms with Crippen molar-refractivity contribution in [3.63, 3.8) is 0 Å². The van der Waals surface area contributed by atoms with Crippen LogP contribution in [0.3, 0.4) is 0 Å². The van der Waals surface area contributed by atoms with Crippen LogP contribution in [0, 0.1) is 23.6 Å². The van der Waals surface area contributed by atoms with Gasteiger partial charge in [-0.25, -0.2) is 19.4 Å². The molecule has 0 bridgehead atoms. The number of carbonyl (C=O) groups is 3. The van der Waals surface area contributed by atoms with E-state index in [1.165, 1.54) is 4.90 Å². The molecule has 33 heavy (non-hydrogen) atoms. The van der Waals surface area contributed by atoms with Crippen LogP contribution in [0.25, 0.3) is 0 Å². The normalized spacial score (nSPS) is 15.7. The molecule has 9 nitrogen and oxygen atoms in total. The minimum absolute atomic E-state index is 0.0607. The SMILES string of the molecule is CCc1nc(CNC(=O)[C@H](CC2CCCC2)CN(O)C=O)c(F)c(C[C@H](C)C(=O)N(C)C)n1. The molecule has 0 unspecified atom stereocenters. The molecule has 0 saturated heterocycles. The summed E-state index contributed by atoms with van der Waals surface area (Å²) in [6.45, 7) is 3.31. The molecule has 2 atom stereocenters. The zero-order valence-electron chi connectivity index (χ0n) is 20.0. The molecule has 0 aliphatic heterocycles. The summed E-state index contributed by atoms with van der Waals surface area (Å²) < 4.78 is 15.2. The fourth-order valence-corrected chi connectivity index (χ4v) is 4.33. The summed E-state index contributed by atoms with van der Waals surface area (Å²) in [6, 6.07) is 0. The second-order valence-corrected chi connectivity index (χ2v) is 9.07. The van der Waals surface area contributed by atoms with E-state index in [1.54, 1.807) is 21.0 Å². The van der Waals surface area contributed by atoms with Gasteiger partial charge in [-0.3, -0.25) is 19.6 Å². The lowest BCUT2D eigenvalue weighted by molar-refractivity contribution is -0.155. The number of aromatic nitrogens is 2. The molecule has 0 radical (unpaired) electrons.